The van der Waals surface area contributed by atoms with E-state index in [2.05, 4.69) is 17.4 Å². The van der Waals surface area contributed by atoms with Crippen LogP contribution in [-0.4, -0.2) is 33.2 Å². The van der Waals surface area contributed by atoms with Crippen LogP contribution in [0.2, 0.25) is 5.02 Å². The number of rotatable bonds is 10. The molecular formula is C21H27ClN2O3S. The smallest absolute Gasteiger partial charge is 0.232 e. The van der Waals surface area contributed by atoms with Crippen molar-refractivity contribution >= 4 is 33.2 Å². The molecule has 0 aliphatic carbocycles. The molecule has 0 spiro atoms. The van der Waals surface area contributed by atoms with E-state index in [1.807, 2.05) is 25.1 Å². The van der Waals surface area contributed by atoms with Gasteiger partial charge in [0.25, 0.3) is 0 Å². The summed E-state index contributed by atoms with van der Waals surface area (Å²) < 4.78 is 25.5. The average molecular weight is 423 g/mol. The highest BCUT2D eigenvalue weighted by Gasteiger charge is 2.17. The molecule has 2 aromatic rings. The molecule has 2 rings (SSSR count). The van der Waals surface area contributed by atoms with Gasteiger partial charge < -0.3 is 5.32 Å². The van der Waals surface area contributed by atoms with Crippen molar-refractivity contribution in [3.8, 4) is 0 Å². The molecule has 0 unspecified atom stereocenters. The molecule has 0 bridgehead atoms. The fourth-order valence-corrected chi connectivity index (χ4v) is 4.02. The Balaban J connectivity index is 1.79. The van der Waals surface area contributed by atoms with Gasteiger partial charge in [0.1, 0.15) is 0 Å². The second-order valence-electron chi connectivity index (χ2n) is 6.91. The number of hydrogen-bond acceptors (Lipinski definition) is 3. The molecule has 0 aliphatic rings. The average Bonchev–Trinajstić information content (AvgIpc) is 2.64. The molecule has 152 valence electrons. The van der Waals surface area contributed by atoms with Gasteiger partial charge in [-0.05, 0) is 56.0 Å². The van der Waals surface area contributed by atoms with E-state index < -0.39 is 10.0 Å². The first-order valence-corrected chi connectivity index (χ1v) is 11.5. The molecule has 0 aromatic heterocycles. The van der Waals surface area contributed by atoms with Gasteiger partial charge in [0.2, 0.25) is 15.9 Å². The summed E-state index contributed by atoms with van der Waals surface area (Å²) in [7, 11) is -3.43. The fraction of sp³-hybridized carbons (Fsp3) is 0.381. The van der Waals surface area contributed by atoms with Crippen LogP contribution in [0.1, 0.15) is 31.7 Å². The number of sulfonamides is 1. The molecule has 0 aliphatic heterocycles. The predicted octanol–water partition coefficient (Wildman–Crippen LogP) is 4.02. The summed E-state index contributed by atoms with van der Waals surface area (Å²) in [5, 5.41) is 3.53. The van der Waals surface area contributed by atoms with Gasteiger partial charge in [-0.1, -0.05) is 41.9 Å². The standard InChI is InChI=1S/C21H27ClN2O3S/c1-17(10-11-18-7-4-3-5-8-18)23-21(25)9-6-16-24(28(2,26)27)20-14-12-19(22)13-15-20/h3-5,7-8,12-15,17H,6,9-11,16H2,1-2H3,(H,23,25)/t17-/m0/s1. The second-order valence-corrected chi connectivity index (χ2v) is 9.25. The van der Waals surface area contributed by atoms with Crippen molar-refractivity contribution < 1.29 is 13.2 Å². The Morgan fingerprint density at radius 1 is 1.11 bits per heavy atom. The lowest BCUT2D eigenvalue weighted by atomic mass is 10.1. The van der Waals surface area contributed by atoms with Crippen molar-refractivity contribution in [2.24, 2.45) is 0 Å². The van der Waals surface area contributed by atoms with Gasteiger partial charge in [0.05, 0.1) is 11.9 Å². The number of benzene rings is 2. The maximum Gasteiger partial charge on any atom is 0.232 e. The van der Waals surface area contributed by atoms with E-state index in [1.54, 1.807) is 24.3 Å². The Hall–Kier alpha value is -2.05. The summed E-state index contributed by atoms with van der Waals surface area (Å²) >= 11 is 5.87. The number of carbonyl (C=O) groups excluding carboxylic acids is 1. The summed E-state index contributed by atoms with van der Waals surface area (Å²) in [6.07, 6.45) is 3.63. The van der Waals surface area contributed by atoms with Crippen molar-refractivity contribution in [2.45, 2.75) is 38.6 Å². The van der Waals surface area contributed by atoms with Crippen LogP contribution in [0, 0.1) is 0 Å². The highest BCUT2D eigenvalue weighted by Crippen LogP contribution is 2.21. The van der Waals surface area contributed by atoms with Gasteiger partial charge in [-0.15, -0.1) is 0 Å². The van der Waals surface area contributed by atoms with E-state index in [4.69, 9.17) is 11.6 Å². The molecule has 0 saturated heterocycles. The van der Waals surface area contributed by atoms with E-state index in [0.717, 1.165) is 19.1 Å². The zero-order valence-electron chi connectivity index (χ0n) is 16.3. The zero-order valence-corrected chi connectivity index (χ0v) is 17.8. The molecule has 0 fully saturated rings. The van der Waals surface area contributed by atoms with Crippen LogP contribution in [-0.2, 0) is 21.2 Å². The molecule has 5 nitrogen and oxygen atoms in total. The molecule has 1 atom stereocenters. The first-order chi connectivity index (χ1) is 13.3. The van der Waals surface area contributed by atoms with Gasteiger partial charge in [-0.2, -0.15) is 0 Å². The van der Waals surface area contributed by atoms with Crippen LogP contribution < -0.4 is 9.62 Å². The number of aryl methyl sites for hydroxylation is 1. The second kappa shape index (κ2) is 10.5. The first-order valence-electron chi connectivity index (χ1n) is 9.32. The molecule has 28 heavy (non-hydrogen) atoms. The van der Waals surface area contributed by atoms with Crippen LogP contribution in [0.15, 0.2) is 54.6 Å². The van der Waals surface area contributed by atoms with E-state index in [1.165, 1.54) is 9.87 Å². The third kappa shape index (κ3) is 7.52. The molecule has 2 aromatic carbocycles. The minimum absolute atomic E-state index is 0.0647. The molecule has 0 heterocycles. The molecule has 0 saturated carbocycles. The van der Waals surface area contributed by atoms with Gasteiger partial charge >= 0.3 is 0 Å². The SMILES string of the molecule is C[C@@H](CCc1ccccc1)NC(=O)CCCN(c1ccc(Cl)cc1)S(C)(=O)=O. The predicted molar refractivity (Wildman–Crippen MR) is 115 cm³/mol. The van der Waals surface area contributed by atoms with E-state index in [-0.39, 0.29) is 24.9 Å². The van der Waals surface area contributed by atoms with Crippen LogP contribution in [0.25, 0.3) is 0 Å². The molecular weight excluding hydrogens is 396 g/mol. The van der Waals surface area contributed by atoms with E-state index in [9.17, 15) is 13.2 Å². The molecule has 0 radical (unpaired) electrons. The summed E-state index contributed by atoms with van der Waals surface area (Å²) in [5.41, 5.74) is 1.79. The fourth-order valence-electron chi connectivity index (χ4n) is 2.92. The summed E-state index contributed by atoms with van der Waals surface area (Å²) in [4.78, 5) is 12.2. The Kier molecular flexibility index (Phi) is 8.33. The van der Waals surface area contributed by atoms with E-state index in [0.29, 0.717) is 17.1 Å². The van der Waals surface area contributed by atoms with Crippen LogP contribution >= 0.6 is 11.6 Å². The first kappa shape index (κ1) is 22.2. The Labute approximate surface area is 172 Å². The summed E-state index contributed by atoms with van der Waals surface area (Å²) in [5.74, 6) is -0.0647. The van der Waals surface area contributed by atoms with Crippen molar-refractivity contribution in [3.63, 3.8) is 0 Å². The normalized spacial score (nSPS) is 12.4. The number of anilines is 1. The monoisotopic (exact) mass is 422 g/mol. The third-order valence-corrected chi connectivity index (χ3v) is 5.84. The highest BCUT2D eigenvalue weighted by molar-refractivity contribution is 7.92. The topological polar surface area (TPSA) is 66.5 Å². The van der Waals surface area contributed by atoms with Crippen molar-refractivity contribution in [1.29, 1.82) is 0 Å². The van der Waals surface area contributed by atoms with Crippen LogP contribution in [0.4, 0.5) is 5.69 Å². The van der Waals surface area contributed by atoms with Crippen molar-refractivity contribution in [3.05, 3.63) is 65.2 Å². The lowest BCUT2D eigenvalue weighted by molar-refractivity contribution is -0.121. The van der Waals surface area contributed by atoms with Crippen molar-refractivity contribution in [1.82, 2.24) is 5.32 Å². The van der Waals surface area contributed by atoms with Gasteiger partial charge in [-0.3, -0.25) is 9.10 Å². The number of hydrogen-bond donors (Lipinski definition) is 1. The minimum atomic E-state index is -3.43. The lowest BCUT2D eigenvalue weighted by Crippen LogP contribution is -2.34. The third-order valence-electron chi connectivity index (χ3n) is 4.40. The summed E-state index contributed by atoms with van der Waals surface area (Å²) in [6, 6.07) is 16.8. The Morgan fingerprint density at radius 3 is 2.36 bits per heavy atom. The number of nitrogens with zero attached hydrogens (tertiary/aromatic N) is 1. The lowest BCUT2D eigenvalue weighted by Gasteiger charge is -2.22. The summed E-state index contributed by atoms with van der Waals surface area (Å²) in [6.45, 7) is 2.23. The Bertz CT molecular complexity index is 855. The maximum absolute atomic E-state index is 12.2. The zero-order chi connectivity index (χ0) is 20.6. The maximum atomic E-state index is 12.2. The molecule has 1 N–H and O–H groups in total. The number of halogens is 1. The minimum Gasteiger partial charge on any atom is -0.354 e. The van der Waals surface area contributed by atoms with Crippen molar-refractivity contribution in [2.75, 3.05) is 17.1 Å². The number of carbonyl (C=O) groups is 1. The Morgan fingerprint density at radius 2 is 1.75 bits per heavy atom. The van der Waals surface area contributed by atoms with E-state index >= 15 is 0 Å². The van der Waals surface area contributed by atoms with Gasteiger partial charge in [-0.25, -0.2) is 8.42 Å². The van der Waals surface area contributed by atoms with Crippen LogP contribution in [0.3, 0.4) is 0 Å². The quantitative estimate of drug-likeness (QED) is 0.628. The molecule has 7 heteroatoms. The largest absolute Gasteiger partial charge is 0.354 e. The van der Waals surface area contributed by atoms with Gasteiger partial charge in [0, 0.05) is 24.0 Å². The van der Waals surface area contributed by atoms with Crippen LogP contribution in [0.5, 0.6) is 0 Å². The highest BCUT2D eigenvalue weighted by atomic mass is 35.5. The number of nitrogens with one attached hydrogen (secondary N) is 1. The molecule has 1 amide bonds. The van der Waals surface area contributed by atoms with Gasteiger partial charge in [0.15, 0.2) is 0 Å². The number of amides is 1.